The Hall–Kier alpha value is -1.32. The SMILES string of the molecule is C[C@@H]1CCc2cc(NC(=O)c3ccc(Cl)cc3)sc2C1. The van der Waals surface area contributed by atoms with Crippen molar-refractivity contribution in [2.24, 2.45) is 5.92 Å². The Morgan fingerprint density at radius 2 is 2.10 bits per heavy atom. The molecule has 104 valence electrons. The molecule has 0 fully saturated rings. The van der Waals surface area contributed by atoms with Crippen LogP contribution in [0.5, 0.6) is 0 Å². The van der Waals surface area contributed by atoms with Crippen LogP contribution in [0.4, 0.5) is 5.00 Å². The predicted octanol–water partition coefficient (Wildman–Crippen LogP) is 4.78. The van der Waals surface area contributed by atoms with Crippen LogP contribution in [0, 0.1) is 5.92 Å². The molecule has 0 saturated carbocycles. The molecule has 1 aliphatic rings. The van der Waals surface area contributed by atoms with Gasteiger partial charge in [-0.15, -0.1) is 11.3 Å². The van der Waals surface area contributed by atoms with Crippen molar-refractivity contribution >= 4 is 33.8 Å². The number of aryl methyl sites for hydroxylation is 1. The van der Waals surface area contributed by atoms with Crippen LogP contribution in [0.3, 0.4) is 0 Å². The van der Waals surface area contributed by atoms with Crippen LogP contribution in [-0.2, 0) is 12.8 Å². The van der Waals surface area contributed by atoms with E-state index in [0.717, 1.165) is 23.8 Å². The molecule has 1 aromatic heterocycles. The zero-order valence-corrected chi connectivity index (χ0v) is 12.9. The minimum absolute atomic E-state index is 0.0756. The molecule has 4 heteroatoms. The van der Waals surface area contributed by atoms with Gasteiger partial charge in [-0.2, -0.15) is 0 Å². The summed E-state index contributed by atoms with van der Waals surface area (Å²) in [4.78, 5) is 13.6. The molecule has 0 aliphatic heterocycles. The van der Waals surface area contributed by atoms with Crippen molar-refractivity contribution in [2.45, 2.75) is 26.2 Å². The minimum Gasteiger partial charge on any atom is -0.314 e. The zero-order valence-electron chi connectivity index (χ0n) is 11.3. The summed E-state index contributed by atoms with van der Waals surface area (Å²) >= 11 is 7.54. The molecule has 0 radical (unpaired) electrons. The Kier molecular flexibility index (Phi) is 3.81. The molecule has 1 heterocycles. The van der Waals surface area contributed by atoms with E-state index < -0.39 is 0 Å². The lowest BCUT2D eigenvalue weighted by Gasteiger charge is -2.16. The second-order valence-electron chi connectivity index (χ2n) is 5.37. The smallest absolute Gasteiger partial charge is 0.256 e. The third-order valence-electron chi connectivity index (χ3n) is 3.68. The number of anilines is 1. The number of nitrogens with one attached hydrogen (secondary N) is 1. The molecular weight excluding hydrogens is 290 g/mol. The number of carbonyl (C=O) groups is 1. The fourth-order valence-corrected chi connectivity index (χ4v) is 3.91. The molecule has 20 heavy (non-hydrogen) atoms. The molecule has 1 N–H and O–H groups in total. The molecule has 0 bridgehead atoms. The molecular formula is C16H16ClNOS. The van der Waals surface area contributed by atoms with Crippen molar-refractivity contribution in [3.63, 3.8) is 0 Å². The first-order valence-electron chi connectivity index (χ1n) is 6.80. The Balaban J connectivity index is 1.75. The van der Waals surface area contributed by atoms with Gasteiger partial charge in [0.15, 0.2) is 0 Å². The number of thiophene rings is 1. The summed E-state index contributed by atoms with van der Waals surface area (Å²) in [6.45, 7) is 2.29. The van der Waals surface area contributed by atoms with E-state index in [1.165, 1.54) is 16.9 Å². The number of halogens is 1. The number of hydrogen-bond acceptors (Lipinski definition) is 2. The van der Waals surface area contributed by atoms with Crippen molar-refractivity contribution in [1.82, 2.24) is 0 Å². The number of hydrogen-bond donors (Lipinski definition) is 1. The number of rotatable bonds is 2. The Morgan fingerprint density at radius 3 is 2.85 bits per heavy atom. The Morgan fingerprint density at radius 1 is 1.35 bits per heavy atom. The summed E-state index contributed by atoms with van der Waals surface area (Å²) in [6, 6.07) is 9.08. The monoisotopic (exact) mass is 305 g/mol. The number of amides is 1. The lowest BCUT2D eigenvalue weighted by atomic mass is 9.91. The van der Waals surface area contributed by atoms with Crippen LogP contribution >= 0.6 is 22.9 Å². The number of benzene rings is 1. The second-order valence-corrected chi connectivity index (χ2v) is 6.94. The third kappa shape index (κ3) is 2.89. The van der Waals surface area contributed by atoms with Gasteiger partial charge < -0.3 is 5.32 Å². The first-order chi connectivity index (χ1) is 9.61. The van der Waals surface area contributed by atoms with Crippen LogP contribution in [0.25, 0.3) is 0 Å². The van der Waals surface area contributed by atoms with E-state index in [4.69, 9.17) is 11.6 Å². The van der Waals surface area contributed by atoms with Crippen LogP contribution in [-0.4, -0.2) is 5.91 Å². The van der Waals surface area contributed by atoms with Gasteiger partial charge in [0.25, 0.3) is 5.91 Å². The van der Waals surface area contributed by atoms with Crippen molar-refractivity contribution in [3.8, 4) is 0 Å². The van der Waals surface area contributed by atoms with Gasteiger partial charge in [0, 0.05) is 15.5 Å². The predicted molar refractivity (Wildman–Crippen MR) is 84.9 cm³/mol. The maximum atomic E-state index is 12.2. The van der Waals surface area contributed by atoms with Crippen LogP contribution in [0.2, 0.25) is 5.02 Å². The first-order valence-corrected chi connectivity index (χ1v) is 8.00. The summed E-state index contributed by atoms with van der Waals surface area (Å²) in [5.41, 5.74) is 2.04. The highest BCUT2D eigenvalue weighted by molar-refractivity contribution is 7.16. The Labute approximate surface area is 127 Å². The van der Waals surface area contributed by atoms with Crippen LogP contribution in [0.15, 0.2) is 30.3 Å². The van der Waals surface area contributed by atoms with E-state index in [-0.39, 0.29) is 5.91 Å². The molecule has 2 aromatic rings. The standard InChI is InChI=1S/C16H16ClNOS/c1-10-2-3-12-9-15(20-14(12)8-10)18-16(19)11-4-6-13(17)7-5-11/h4-7,9-10H,2-3,8H2,1H3,(H,18,19)/t10-/m1/s1. The van der Waals surface area contributed by atoms with Crippen molar-refractivity contribution in [3.05, 3.63) is 51.4 Å². The number of carbonyl (C=O) groups excluding carboxylic acids is 1. The van der Waals surface area contributed by atoms with Gasteiger partial charge in [-0.3, -0.25) is 4.79 Å². The lowest BCUT2D eigenvalue weighted by molar-refractivity contribution is 0.102. The molecule has 3 rings (SSSR count). The highest BCUT2D eigenvalue weighted by Crippen LogP contribution is 2.35. The van der Waals surface area contributed by atoms with Gasteiger partial charge in [-0.05, 0) is 61.1 Å². The average Bonchev–Trinajstić information content (AvgIpc) is 2.80. The largest absolute Gasteiger partial charge is 0.314 e. The summed E-state index contributed by atoms with van der Waals surface area (Å²) in [5, 5.41) is 4.58. The first kappa shape index (κ1) is 13.7. The molecule has 0 saturated heterocycles. The molecule has 0 spiro atoms. The normalized spacial score (nSPS) is 17.6. The van der Waals surface area contributed by atoms with Crippen molar-refractivity contribution in [1.29, 1.82) is 0 Å². The quantitative estimate of drug-likeness (QED) is 0.850. The summed E-state index contributed by atoms with van der Waals surface area (Å²) in [5.74, 6) is 0.675. The van der Waals surface area contributed by atoms with Crippen LogP contribution in [0.1, 0.15) is 34.1 Å². The van der Waals surface area contributed by atoms with Crippen LogP contribution < -0.4 is 5.32 Å². The van der Waals surface area contributed by atoms with E-state index in [1.807, 2.05) is 0 Å². The fourth-order valence-electron chi connectivity index (χ4n) is 2.52. The third-order valence-corrected chi connectivity index (χ3v) is 5.05. The molecule has 1 amide bonds. The van der Waals surface area contributed by atoms with E-state index in [9.17, 15) is 4.79 Å². The maximum Gasteiger partial charge on any atom is 0.256 e. The van der Waals surface area contributed by atoms with E-state index in [0.29, 0.717) is 10.6 Å². The Bertz CT molecular complexity index is 632. The zero-order chi connectivity index (χ0) is 14.1. The van der Waals surface area contributed by atoms with Gasteiger partial charge in [0.1, 0.15) is 0 Å². The van der Waals surface area contributed by atoms with Crippen molar-refractivity contribution in [2.75, 3.05) is 5.32 Å². The highest BCUT2D eigenvalue weighted by Gasteiger charge is 2.19. The van der Waals surface area contributed by atoms with Gasteiger partial charge in [0.2, 0.25) is 0 Å². The van der Waals surface area contributed by atoms with E-state index >= 15 is 0 Å². The molecule has 1 aliphatic carbocycles. The fraction of sp³-hybridized carbons (Fsp3) is 0.312. The molecule has 2 nitrogen and oxygen atoms in total. The minimum atomic E-state index is -0.0756. The van der Waals surface area contributed by atoms with E-state index in [2.05, 4.69) is 18.3 Å². The van der Waals surface area contributed by atoms with E-state index in [1.54, 1.807) is 35.6 Å². The van der Waals surface area contributed by atoms with Gasteiger partial charge in [-0.25, -0.2) is 0 Å². The summed E-state index contributed by atoms with van der Waals surface area (Å²) in [6.07, 6.45) is 3.51. The van der Waals surface area contributed by atoms with Gasteiger partial charge >= 0.3 is 0 Å². The summed E-state index contributed by atoms with van der Waals surface area (Å²) in [7, 11) is 0. The topological polar surface area (TPSA) is 29.1 Å². The van der Waals surface area contributed by atoms with Gasteiger partial charge in [0.05, 0.1) is 5.00 Å². The molecule has 1 atom stereocenters. The number of fused-ring (bicyclic) bond motifs is 1. The second kappa shape index (κ2) is 5.58. The maximum absolute atomic E-state index is 12.2. The van der Waals surface area contributed by atoms with Crippen molar-refractivity contribution < 1.29 is 4.79 Å². The highest BCUT2D eigenvalue weighted by atomic mass is 35.5. The summed E-state index contributed by atoms with van der Waals surface area (Å²) < 4.78 is 0. The molecule has 0 unspecified atom stereocenters. The molecule has 1 aromatic carbocycles. The lowest BCUT2D eigenvalue weighted by Crippen LogP contribution is -2.10. The average molecular weight is 306 g/mol. The van der Waals surface area contributed by atoms with Gasteiger partial charge in [-0.1, -0.05) is 18.5 Å².